The Labute approximate surface area is 116 Å². The Bertz CT molecular complexity index is 480. The first kappa shape index (κ1) is 14.5. The van der Waals surface area contributed by atoms with Gasteiger partial charge in [-0.1, -0.05) is 0 Å². The largest absolute Gasteiger partial charge is 0.480 e. The van der Waals surface area contributed by atoms with E-state index < -0.39 is 11.6 Å². The van der Waals surface area contributed by atoms with Crippen molar-refractivity contribution in [2.45, 2.75) is 25.0 Å². The molecule has 0 saturated carbocycles. The lowest BCUT2D eigenvalue weighted by Crippen LogP contribution is -2.48. The number of likely N-dealkylation sites (tertiary alicyclic amines) is 1. The Hall–Kier alpha value is -1.93. The van der Waals surface area contributed by atoms with Gasteiger partial charge in [-0.15, -0.1) is 0 Å². The average molecular weight is 282 g/mol. The van der Waals surface area contributed by atoms with E-state index in [2.05, 4.69) is 10.4 Å². The van der Waals surface area contributed by atoms with Gasteiger partial charge in [-0.2, -0.15) is 5.10 Å². The number of rotatable bonds is 6. The van der Waals surface area contributed by atoms with Gasteiger partial charge in [0.05, 0.1) is 18.7 Å². The lowest BCUT2D eigenvalue weighted by atomic mass is 9.91. The van der Waals surface area contributed by atoms with Crippen molar-refractivity contribution in [3.63, 3.8) is 0 Å². The minimum absolute atomic E-state index is 0.00521. The Morgan fingerprint density at radius 3 is 2.80 bits per heavy atom. The van der Waals surface area contributed by atoms with Gasteiger partial charge in [0.2, 0.25) is 6.41 Å². The summed E-state index contributed by atoms with van der Waals surface area (Å²) in [6, 6.07) is 1.65. The number of aromatic nitrogens is 2. The molecule has 1 aliphatic rings. The molecule has 1 aromatic rings. The fraction of sp³-hybridized carbons (Fsp3) is 0.583. The SMILES string of the molecule is O=CNc1ccn(CC2(O)CCN(CC(=O)O)CC2)n1. The quantitative estimate of drug-likeness (QED) is 0.599. The fourth-order valence-corrected chi connectivity index (χ4v) is 2.37. The van der Waals surface area contributed by atoms with Crippen LogP contribution in [-0.2, 0) is 16.1 Å². The average Bonchev–Trinajstić information content (AvgIpc) is 2.79. The maximum absolute atomic E-state index is 10.6. The molecule has 8 heteroatoms. The molecule has 0 bridgehead atoms. The van der Waals surface area contributed by atoms with Crippen LogP contribution in [0.1, 0.15) is 12.8 Å². The number of hydrogen-bond acceptors (Lipinski definition) is 5. The lowest BCUT2D eigenvalue weighted by molar-refractivity contribution is -0.139. The molecule has 2 heterocycles. The molecule has 0 atom stereocenters. The molecular formula is C12H18N4O4. The van der Waals surface area contributed by atoms with Crippen LogP contribution < -0.4 is 5.32 Å². The highest BCUT2D eigenvalue weighted by atomic mass is 16.4. The third-order valence-electron chi connectivity index (χ3n) is 3.45. The number of nitrogens with one attached hydrogen (secondary N) is 1. The van der Waals surface area contributed by atoms with Crippen LogP contribution in [0.15, 0.2) is 12.3 Å². The number of nitrogens with zero attached hydrogens (tertiary/aromatic N) is 3. The van der Waals surface area contributed by atoms with Crippen LogP contribution in [0.3, 0.4) is 0 Å². The number of anilines is 1. The zero-order valence-electron chi connectivity index (χ0n) is 11.0. The molecule has 1 aromatic heterocycles. The lowest BCUT2D eigenvalue weighted by Gasteiger charge is -2.37. The van der Waals surface area contributed by atoms with Gasteiger partial charge in [-0.25, -0.2) is 0 Å². The summed E-state index contributed by atoms with van der Waals surface area (Å²) in [4.78, 5) is 22.7. The Morgan fingerprint density at radius 2 is 2.20 bits per heavy atom. The monoisotopic (exact) mass is 282 g/mol. The number of carboxylic acid groups (broad SMARTS) is 1. The van der Waals surface area contributed by atoms with E-state index in [1.807, 2.05) is 0 Å². The minimum atomic E-state index is -0.889. The fourth-order valence-electron chi connectivity index (χ4n) is 2.37. The molecule has 20 heavy (non-hydrogen) atoms. The summed E-state index contributed by atoms with van der Waals surface area (Å²) in [6.07, 6.45) is 3.23. The van der Waals surface area contributed by atoms with Crippen molar-refractivity contribution < 1.29 is 19.8 Å². The van der Waals surface area contributed by atoms with Gasteiger partial charge >= 0.3 is 5.97 Å². The molecular weight excluding hydrogens is 264 g/mol. The summed E-state index contributed by atoms with van der Waals surface area (Å²) in [5, 5.41) is 25.8. The Balaban J connectivity index is 1.89. The molecule has 0 unspecified atom stereocenters. The molecule has 2 rings (SSSR count). The van der Waals surface area contributed by atoms with E-state index in [-0.39, 0.29) is 6.54 Å². The van der Waals surface area contributed by atoms with Gasteiger partial charge in [0, 0.05) is 25.4 Å². The highest BCUT2D eigenvalue weighted by molar-refractivity contribution is 5.69. The molecule has 0 spiro atoms. The zero-order chi connectivity index (χ0) is 14.6. The number of hydrogen-bond donors (Lipinski definition) is 3. The van der Waals surface area contributed by atoms with Crippen LogP contribution in [0.5, 0.6) is 0 Å². The number of carboxylic acids is 1. The molecule has 1 saturated heterocycles. The van der Waals surface area contributed by atoms with Crippen molar-refractivity contribution in [3.8, 4) is 0 Å². The number of amides is 1. The van der Waals surface area contributed by atoms with Gasteiger partial charge < -0.3 is 15.5 Å². The van der Waals surface area contributed by atoms with E-state index in [1.54, 1.807) is 21.8 Å². The van der Waals surface area contributed by atoms with E-state index in [9.17, 15) is 14.7 Å². The highest BCUT2D eigenvalue weighted by Gasteiger charge is 2.33. The molecule has 110 valence electrons. The Kier molecular flexibility index (Phi) is 4.35. The molecule has 1 aliphatic heterocycles. The van der Waals surface area contributed by atoms with Crippen molar-refractivity contribution in [2.75, 3.05) is 25.0 Å². The van der Waals surface area contributed by atoms with Crippen LogP contribution >= 0.6 is 0 Å². The van der Waals surface area contributed by atoms with Gasteiger partial charge in [0.15, 0.2) is 5.82 Å². The first-order valence-electron chi connectivity index (χ1n) is 6.41. The number of aliphatic hydroxyl groups is 1. The number of carbonyl (C=O) groups is 2. The van der Waals surface area contributed by atoms with Crippen molar-refractivity contribution in [3.05, 3.63) is 12.3 Å². The number of carbonyl (C=O) groups excluding carboxylic acids is 1. The van der Waals surface area contributed by atoms with Crippen molar-refractivity contribution in [2.24, 2.45) is 0 Å². The standard InChI is InChI=1S/C12H18N4O4/c17-9-13-10-1-4-16(14-10)8-12(20)2-5-15(6-3-12)7-11(18)19/h1,4,9,20H,2-3,5-8H2,(H,18,19)(H,13,14,17). The summed E-state index contributed by atoms with van der Waals surface area (Å²) < 4.78 is 1.58. The molecule has 8 nitrogen and oxygen atoms in total. The third-order valence-corrected chi connectivity index (χ3v) is 3.45. The normalized spacial score (nSPS) is 18.6. The summed E-state index contributed by atoms with van der Waals surface area (Å²) in [5.74, 6) is -0.418. The first-order valence-corrected chi connectivity index (χ1v) is 6.41. The van der Waals surface area contributed by atoms with Crippen molar-refractivity contribution in [1.82, 2.24) is 14.7 Å². The second-order valence-corrected chi connectivity index (χ2v) is 5.05. The molecule has 0 radical (unpaired) electrons. The van der Waals surface area contributed by atoms with Gasteiger partial charge in [0.1, 0.15) is 0 Å². The Morgan fingerprint density at radius 1 is 1.50 bits per heavy atom. The predicted octanol–water partition coefficient (Wildman–Crippen LogP) is -0.637. The van der Waals surface area contributed by atoms with Crippen LogP contribution in [0.4, 0.5) is 5.82 Å². The second kappa shape index (κ2) is 6.02. The predicted molar refractivity (Wildman–Crippen MR) is 70.2 cm³/mol. The van der Waals surface area contributed by atoms with Crippen LogP contribution in [0.2, 0.25) is 0 Å². The zero-order valence-corrected chi connectivity index (χ0v) is 11.0. The highest BCUT2D eigenvalue weighted by Crippen LogP contribution is 2.24. The van der Waals surface area contributed by atoms with Crippen molar-refractivity contribution >= 4 is 18.2 Å². The molecule has 0 aliphatic carbocycles. The maximum atomic E-state index is 10.6. The second-order valence-electron chi connectivity index (χ2n) is 5.05. The topological polar surface area (TPSA) is 108 Å². The van der Waals surface area contributed by atoms with E-state index in [4.69, 9.17) is 5.11 Å². The summed E-state index contributed by atoms with van der Waals surface area (Å²) in [5.41, 5.74) is -0.889. The minimum Gasteiger partial charge on any atom is -0.480 e. The summed E-state index contributed by atoms with van der Waals surface area (Å²) in [6.45, 7) is 1.42. The third kappa shape index (κ3) is 3.78. The maximum Gasteiger partial charge on any atom is 0.317 e. The molecule has 1 fully saturated rings. The molecule has 0 aromatic carbocycles. The van der Waals surface area contributed by atoms with E-state index >= 15 is 0 Å². The van der Waals surface area contributed by atoms with Gasteiger partial charge in [-0.05, 0) is 12.8 Å². The van der Waals surface area contributed by atoms with E-state index in [0.29, 0.717) is 44.7 Å². The van der Waals surface area contributed by atoms with E-state index in [1.165, 1.54) is 0 Å². The van der Waals surface area contributed by atoms with Gasteiger partial charge in [0.25, 0.3) is 0 Å². The summed E-state index contributed by atoms with van der Waals surface area (Å²) >= 11 is 0. The van der Waals surface area contributed by atoms with Crippen LogP contribution in [0, 0.1) is 0 Å². The smallest absolute Gasteiger partial charge is 0.317 e. The molecule has 3 N–H and O–H groups in total. The van der Waals surface area contributed by atoms with Crippen LogP contribution in [0.25, 0.3) is 0 Å². The number of aliphatic carboxylic acids is 1. The van der Waals surface area contributed by atoms with Crippen LogP contribution in [-0.4, -0.2) is 62.5 Å². The summed E-state index contributed by atoms with van der Waals surface area (Å²) in [7, 11) is 0. The first-order chi connectivity index (χ1) is 9.50. The number of piperidine rings is 1. The van der Waals surface area contributed by atoms with Crippen molar-refractivity contribution in [1.29, 1.82) is 0 Å². The van der Waals surface area contributed by atoms with Gasteiger partial charge in [-0.3, -0.25) is 19.2 Å². The molecule has 1 amide bonds. The van der Waals surface area contributed by atoms with E-state index in [0.717, 1.165) is 0 Å².